The van der Waals surface area contributed by atoms with E-state index in [0.717, 1.165) is 6.42 Å². The molecule has 3 nitrogen and oxygen atoms in total. The van der Waals surface area contributed by atoms with Crippen molar-refractivity contribution in [3.05, 3.63) is 64.1 Å². The first-order valence-corrected chi connectivity index (χ1v) is 6.65. The second-order valence-electron chi connectivity index (χ2n) is 4.03. The van der Waals surface area contributed by atoms with E-state index >= 15 is 0 Å². The second-order valence-corrected chi connectivity index (χ2v) is 4.89. The lowest BCUT2D eigenvalue weighted by Crippen LogP contribution is -2.03. The molecule has 0 unspecified atom stereocenters. The fourth-order valence-electron chi connectivity index (χ4n) is 1.67. The lowest BCUT2D eigenvalue weighted by molar-refractivity contribution is 0.0697. The van der Waals surface area contributed by atoms with Gasteiger partial charge in [0.25, 0.3) is 0 Å². The van der Waals surface area contributed by atoms with Crippen LogP contribution in [0.15, 0.2) is 53.0 Å². The summed E-state index contributed by atoms with van der Waals surface area (Å²) in [6.45, 7) is 0.551. The molecule has 0 amide bonds. The van der Waals surface area contributed by atoms with Crippen molar-refractivity contribution in [2.24, 2.45) is 0 Å². The number of hydrogen-bond acceptors (Lipinski definition) is 2. The van der Waals surface area contributed by atoms with Crippen molar-refractivity contribution in [3.8, 4) is 5.75 Å². The third-order valence-electron chi connectivity index (χ3n) is 2.67. The van der Waals surface area contributed by atoms with Crippen molar-refractivity contribution in [1.29, 1.82) is 0 Å². The first kappa shape index (κ1) is 13.6. The molecule has 0 aliphatic heterocycles. The Hall–Kier alpha value is -1.81. The fraction of sp³-hybridized carbons (Fsp3) is 0.133. The van der Waals surface area contributed by atoms with Crippen molar-refractivity contribution in [3.63, 3.8) is 0 Å². The molecule has 0 bridgehead atoms. The van der Waals surface area contributed by atoms with E-state index in [1.165, 1.54) is 11.6 Å². The predicted molar refractivity (Wildman–Crippen MR) is 76.7 cm³/mol. The van der Waals surface area contributed by atoms with Crippen LogP contribution >= 0.6 is 15.9 Å². The SMILES string of the molecule is O=C(O)c1ccc(OCCc2ccccc2)c(Br)c1. The number of carbonyl (C=O) groups is 1. The minimum Gasteiger partial charge on any atom is -0.492 e. The topological polar surface area (TPSA) is 46.5 Å². The predicted octanol–water partition coefficient (Wildman–Crippen LogP) is 3.77. The average molecular weight is 321 g/mol. The summed E-state index contributed by atoms with van der Waals surface area (Å²) < 4.78 is 6.29. The van der Waals surface area contributed by atoms with Gasteiger partial charge in [0.15, 0.2) is 0 Å². The Labute approximate surface area is 120 Å². The quantitative estimate of drug-likeness (QED) is 0.912. The number of aromatic carboxylic acids is 1. The first-order chi connectivity index (χ1) is 9.16. The van der Waals surface area contributed by atoms with Crippen LogP contribution < -0.4 is 4.74 Å². The molecule has 2 rings (SSSR count). The number of hydrogen-bond donors (Lipinski definition) is 1. The van der Waals surface area contributed by atoms with Crippen molar-refractivity contribution < 1.29 is 14.6 Å². The molecule has 0 fully saturated rings. The summed E-state index contributed by atoms with van der Waals surface area (Å²) in [5.74, 6) is -0.294. The zero-order valence-electron chi connectivity index (χ0n) is 10.2. The van der Waals surface area contributed by atoms with Crippen molar-refractivity contribution >= 4 is 21.9 Å². The van der Waals surface area contributed by atoms with E-state index < -0.39 is 5.97 Å². The van der Waals surface area contributed by atoms with Gasteiger partial charge in [-0.1, -0.05) is 30.3 Å². The van der Waals surface area contributed by atoms with Crippen LogP contribution in [0.4, 0.5) is 0 Å². The number of rotatable bonds is 5. The number of halogens is 1. The summed E-state index contributed by atoms with van der Waals surface area (Å²) in [5.41, 5.74) is 1.45. The van der Waals surface area contributed by atoms with Crippen LogP contribution in [0.2, 0.25) is 0 Å². The van der Waals surface area contributed by atoms with Gasteiger partial charge < -0.3 is 9.84 Å². The Morgan fingerprint density at radius 3 is 2.53 bits per heavy atom. The minimum atomic E-state index is -0.948. The van der Waals surface area contributed by atoms with Gasteiger partial charge in [-0.05, 0) is 39.7 Å². The lowest BCUT2D eigenvalue weighted by atomic mass is 10.2. The molecule has 0 saturated carbocycles. The Morgan fingerprint density at radius 1 is 1.16 bits per heavy atom. The number of carboxylic acids is 1. The highest BCUT2D eigenvalue weighted by Gasteiger charge is 2.07. The highest BCUT2D eigenvalue weighted by Crippen LogP contribution is 2.26. The summed E-state index contributed by atoms with van der Waals surface area (Å²) in [5, 5.41) is 8.86. The van der Waals surface area contributed by atoms with Crippen molar-refractivity contribution in [2.75, 3.05) is 6.61 Å². The molecule has 2 aromatic carbocycles. The van der Waals surface area contributed by atoms with E-state index in [2.05, 4.69) is 15.9 Å². The molecular weight excluding hydrogens is 308 g/mol. The van der Waals surface area contributed by atoms with E-state index in [9.17, 15) is 4.79 Å². The number of ether oxygens (including phenoxy) is 1. The normalized spacial score (nSPS) is 10.2. The second kappa shape index (κ2) is 6.38. The minimum absolute atomic E-state index is 0.238. The zero-order valence-corrected chi connectivity index (χ0v) is 11.8. The van der Waals surface area contributed by atoms with Crippen molar-refractivity contribution in [1.82, 2.24) is 0 Å². The van der Waals surface area contributed by atoms with Gasteiger partial charge in [0.05, 0.1) is 16.6 Å². The van der Waals surface area contributed by atoms with Crippen LogP contribution in [-0.2, 0) is 6.42 Å². The Kier molecular flexibility index (Phi) is 4.58. The van der Waals surface area contributed by atoms with Crippen LogP contribution in [0.5, 0.6) is 5.75 Å². The monoisotopic (exact) mass is 320 g/mol. The maximum absolute atomic E-state index is 10.8. The van der Waals surface area contributed by atoms with E-state index in [1.807, 2.05) is 30.3 Å². The van der Waals surface area contributed by atoms with Gasteiger partial charge >= 0.3 is 5.97 Å². The van der Waals surface area contributed by atoms with Crippen molar-refractivity contribution in [2.45, 2.75) is 6.42 Å². The summed E-state index contributed by atoms with van der Waals surface area (Å²) in [4.78, 5) is 10.8. The highest BCUT2D eigenvalue weighted by atomic mass is 79.9. The van der Waals surface area contributed by atoms with E-state index in [1.54, 1.807) is 12.1 Å². The molecule has 0 aliphatic carbocycles. The Bertz CT molecular complexity index is 567. The van der Waals surface area contributed by atoms with Crippen LogP contribution in [0.25, 0.3) is 0 Å². The summed E-state index contributed by atoms with van der Waals surface area (Å²) in [7, 11) is 0. The van der Waals surface area contributed by atoms with Gasteiger partial charge in [-0.25, -0.2) is 4.79 Å². The summed E-state index contributed by atoms with van der Waals surface area (Å²) in [6.07, 6.45) is 0.813. The molecule has 0 spiro atoms. The molecule has 0 aliphatic rings. The molecule has 0 aromatic heterocycles. The molecule has 1 N–H and O–H groups in total. The highest BCUT2D eigenvalue weighted by molar-refractivity contribution is 9.10. The van der Waals surface area contributed by atoms with Crippen LogP contribution in [0.1, 0.15) is 15.9 Å². The van der Waals surface area contributed by atoms with Crippen LogP contribution in [0, 0.1) is 0 Å². The van der Waals surface area contributed by atoms with Crippen LogP contribution in [0.3, 0.4) is 0 Å². The lowest BCUT2D eigenvalue weighted by Gasteiger charge is -2.08. The fourth-order valence-corrected chi connectivity index (χ4v) is 2.17. The molecular formula is C15H13BrO3. The molecule has 0 atom stereocenters. The molecule has 4 heteroatoms. The molecule has 2 aromatic rings. The van der Waals surface area contributed by atoms with E-state index in [4.69, 9.17) is 9.84 Å². The summed E-state index contributed by atoms with van der Waals surface area (Å²) >= 11 is 3.31. The maximum atomic E-state index is 10.8. The van der Waals surface area contributed by atoms with Gasteiger partial charge in [0, 0.05) is 6.42 Å². The van der Waals surface area contributed by atoms with Gasteiger partial charge in [-0.15, -0.1) is 0 Å². The average Bonchev–Trinajstić information content (AvgIpc) is 2.41. The molecule has 98 valence electrons. The largest absolute Gasteiger partial charge is 0.492 e. The zero-order chi connectivity index (χ0) is 13.7. The van der Waals surface area contributed by atoms with Crippen LogP contribution in [-0.4, -0.2) is 17.7 Å². The Balaban J connectivity index is 1.95. The molecule has 0 heterocycles. The third-order valence-corrected chi connectivity index (χ3v) is 3.29. The van der Waals surface area contributed by atoms with E-state index in [0.29, 0.717) is 16.8 Å². The molecule has 19 heavy (non-hydrogen) atoms. The third kappa shape index (κ3) is 3.83. The van der Waals surface area contributed by atoms with Gasteiger partial charge in [-0.3, -0.25) is 0 Å². The van der Waals surface area contributed by atoms with E-state index in [-0.39, 0.29) is 5.56 Å². The maximum Gasteiger partial charge on any atom is 0.335 e. The molecule has 0 radical (unpaired) electrons. The summed E-state index contributed by atoms with van der Waals surface area (Å²) in [6, 6.07) is 14.8. The number of benzene rings is 2. The first-order valence-electron chi connectivity index (χ1n) is 5.86. The number of carboxylic acid groups (broad SMARTS) is 1. The van der Waals surface area contributed by atoms with Gasteiger partial charge in [0.2, 0.25) is 0 Å². The van der Waals surface area contributed by atoms with Gasteiger partial charge in [0.1, 0.15) is 5.75 Å². The standard InChI is InChI=1S/C15H13BrO3/c16-13-10-12(15(17)18)6-7-14(13)19-9-8-11-4-2-1-3-5-11/h1-7,10H,8-9H2,(H,17,18). The Morgan fingerprint density at radius 2 is 1.89 bits per heavy atom. The van der Waals surface area contributed by atoms with Gasteiger partial charge in [-0.2, -0.15) is 0 Å². The smallest absolute Gasteiger partial charge is 0.335 e. The molecule has 0 saturated heterocycles.